The van der Waals surface area contributed by atoms with E-state index in [0.717, 1.165) is 24.9 Å². The first-order valence-electron chi connectivity index (χ1n) is 7.86. The second-order valence-corrected chi connectivity index (χ2v) is 8.14. The molecule has 0 spiro atoms. The van der Waals surface area contributed by atoms with Gasteiger partial charge in [0.15, 0.2) is 0 Å². The summed E-state index contributed by atoms with van der Waals surface area (Å²) in [5.41, 5.74) is 0.975. The van der Waals surface area contributed by atoms with Gasteiger partial charge in [0.1, 0.15) is 6.04 Å². The van der Waals surface area contributed by atoms with Gasteiger partial charge in [0.2, 0.25) is 10.0 Å². The van der Waals surface area contributed by atoms with Crippen molar-refractivity contribution >= 4 is 16.0 Å². The summed E-state index contributed by atoms with van der Waals surface area (Å²) < 4.78 is 31.3. The quantitative estimate of drug-likeness (QED) is 0.761. The van der Waals surface area contributed by atoms with Gasteiger partial charge in [-0.25, -0.2) is 8.42 Å². The third kappa shape index (κ3) is 3.41. The molecule has 0 aliphatic carbocycles. The van der Waals surface area contributed by atoms with E-state index < -0.39 is 10.0 Å². The average molecular weight is 338 g/mol. The lowest BCUT2D eigenvalue weighted by Crippen LogP contribution is -2.46. The van der Waals surface area contributed by atoms with Gasteiger partial charge >= 0.3 is 5.97 Å². The predicted molar refractivity (Wildman–Crippen MR) is 86.2 cm³/mol. The van der Waals surface area contributed by atoms with Gasteiger partial charge in [-0.2, -0.15) is 4.31 Å². The van der Waals surface area contributed by atoms with Gasteiger partial charge in [0.25, 0.3) is 0 Å². The van der Waals surface area contributed by atoms with Crippen LogP contribution in [0, 0.1) is 0 Å². The lowest BCUT2D eigenvalue weighted by Gasteiger charge is -2.27. The van der Waals surface area contributed by atoms with Crippen LogP contribution in [-0.2, 0) is 26.1 Å². The van der Waals surface area contributed by atoms with Crippen LogP contribution >= 0.6 is 0 Å². The number of hydrogen-bond acceptors (Lipinski definition) is 5. The number of methoxy groups -OCH3 is 1. The Kier molecular flexibility index (Phi) is 4.70. The summed E-state index contributed by atoms with van der Waals surface area (Å²) in [6, 6.07) is 9.13. The zero-order chi connectivity index (χ0) is 16.4. The summed E-state index contributed by atoms with van der Waals surface area (Å²) in [4.78, 5) is 13.9. The number of carbonyl (C=O) groups excluding carboxylic acids is 1. The maximum absolute atomic E-state index is 12.5. The van der Waals surface area contributed by atoms with Crippen molar-refractivity contribution in [3.05, 3.63) is 35.9 Å². The molecule has 2 aliphatic rings. The average Bonchev–Trinajstić information content (AvgIpc) is 3.12. The van der Waals surface area contributed by atoms with Crippen molar-refractivity contribution in [1.29, 1.82) is 0 Å². The summed E-state index contributed by atoms with van der Waals surface area (Å²) in [5.74, 6) is -0.186. The number of carbonyl (C=O) groups is 1. The topological polar surface area (TPSA) is 66.9 Å². The number of likely N-dealkylation sites (tertiary alicyclic amines) is 1. The Morgan fingerprint density at radius 2 is 2.04 bits per heavy atom. The molecule has 1 unspecified atom stereocenters. The van der Waals surface area contributed by atoms with Crippen LogP contribution in [-0.4, -0.2) is 61.6 Å². The van der Waals surface area contributed by atoms with E-state index >= 15 is 0 Å². The Morgan fingerprint density at radius 1 is 1.30 bits per heavy atom. The SMILES string of the molecule is COC(=O)[C@@H]1CCCN1C1CN(Cc2ccccc2)S(=O)(=O)C1. The zero-order valence-corrected chi connectivity index (χ0v) is 14.0. The van der Waals surface area contributed by atoms with E-state index in [9.17, 15) is 13.2 Å². The van der Waals surface area contributed by atoms with Crippen LogP contribution in [0.5, 0.6) is 0 Å². The van der Waals surface area contributed by atoms with Crippen LogP contribution in [0.2, 0.25) is 0 Å². The molecule has 0 amide bonds. The van der Waals surface area contributed by atoms with E-state index in [1.54, 1.807) is 0 Å². The largest absolute Gasteiger partial charge is 0.468 e. The predicted octanol–water partition coefficient (Wildman–Crippen LogP) is 0.838. The summed E-state index contributed by atoms with van der Waals surface area (Å²) in [5, 5.41) is 0. The Hall–Kier alpha value is -1.44. The number of benzene rings is 1. The minimum absolute atomic E-state index is 0.0767. The molecule has 2 saturated heterocycles. The maximum atomic E-state index is 12.5. The lowest BCUT2D eigenvalue weighted by molar-refractivity contribution is -0.146. The molecular formula is C16H22N2O4S. The van der Waals surface area contributed by atoms with Gasteiger partial charge in [-0.1, -0.05) is 30.3 Å². The molecule has 23 heavy (non-hydrogen) atoms. The fourth-order valence-electron chi connectivity index (χ4n) is 3.52. The number of esters is 1. The van der Waals surface area contributed by atoms with E-state index in [4.69, 9.17) is 4.74 Å². The molecule has 0 N–H and O–H groups in total. The van der Waals surface area contributed by atoms with Crippen LogP contribution < -0.4 is 0 Å². The standard InChI is InChI=1S/C16H22N2O4S/c1-22-16(19)15-8-5-9-18(15)14-11-17(23(20,21)12-14)10-13-6-3-2-4-7-13/h2-4,6-7,14-15H,5,8-12H2,1H3/t14?,15-/m0/s1. The Balaban J connectivity index is 1.73. The first-order valence-corrected chi connectivity index (χ1v) is 9.47. The number of rotatable bonds is 4. The third-order valence-electron chi connectivity index (χ3n) is 4.65. The Morgan fingerprint density at radius 3 is 2.74 bits per heavy atom. The first-order chi connectivity index (χ1) is 11.0. The van der Waals surface area contributed by atoms with E-state index in [1.807, 2.05) is 35.2 Å². The van der Waals surface area contributed by atoms with Crippen molar-refractivity contribution in [2.24, 2.45) is 0 Å². The Labute approximate surface area is 137 Å². The van der Waals surface area contributed by atoms with Crippen LogP contribution in [0.25, 0.3) is 0 Å². The molecule has 2 fully saturated rings. The monoisotopic (exact) mass is 338 g/mol. The molecule has 2 heterocycles. The molecule has 126 valence electrons. The molecule has 7 heteroatoms. The van der Waals surface area contributed by atoms with Gasteiger partial charge in [-0.05, 0) is 24.9 Å². The molecule has 6 nitrogen and oxygen atoms in total. The molecule has 0 saturated carbocycles. The van der Waals surface area contributed by atoms with Gasteiger partial charge in [-0.3, -0.25) is 9.69 Å². The highest BCUT2D eigenvalue weighted by molar-refractivity contribution is 7.89. The maximum Gasteiger partial charge on any atom is 0.323 e. The Bertz CT molecular complexity index is 662. The minimum atomic E-state index is -3.29. The molecule has 1 aromatic carbocycles. The van der Waals surface area contributed by atoms with Crippen molar-refractivity contribution in [1.82, 2.24) is 9.21 Å². The van der Waals surface area contributed by atoms with Crippen molar-refractivity contribution in [2.45, 2.75) is 31.5 Å². The van der Waals surface area contributed by atoms with Gasteiger partial charge < -0.3 is 4.74 Å². The van der Waals surface area contributed by atoms with E-state index in [-0.39, 0.29) is 23.8 Å². The second-order valence-electron chi connectivity index (χ2n) is 6.13. The molecule has 2 aliphatic heterocycles. The molecule has 2 atom stereocenters. The van der Waals surface area contributed by atoms with Crippen LogP contribution in [0.4, 0.5) is 0 Å². The van der Waals surface area contributed by atoms with E-state index in [2.05, 4.69) is 0 Å². The van der Waals surface area contributed by atoms with Crippen LogP contribution in [0.1, 0.15) is 18.4 Å². The highest BCUT2D eigenvalue weighted by atomic mass is 32.2. The molecule has 0 radical (unpaired) electrons. The third-order valence-corrected chi connectivity index (χ3v) is 6.52. The molecular weight excluding hydrogens is 316 g/mol. The normalized spacial score (nSPS) is 28.0. The molecule has 0 aromatic heterocycles. The summed E-state index contributed by atoms with van der Waals surface area (Å²) in [7, 11) is -1.91. The summed E-state index contributed by atoms with van der Waals surface area (Å²) in [6.45, 7) is 1.57. The number of hydrogen-bond donors (Lipinski definition) is 0. The van der Waals surface area contributed by atoms with E-state index in [1.165, 1.54) is 11.4 Å². The van der Waals surface area contributed by atoms with Gasteiger partial charge in [-0.15, -0.1) is 0 Å². The number of nitrogens with zero attached hydrogens (tertiary/aromatic N) is 2. The van der Waals surface area contributed by atoms with Crippen LogP contribution in [0.15, 0.2) is 30.3 Å². The fraction of sp³-hybridized carbons (Fsp3) is 0.562. The second kappa shape index (κ2) is 6.59. The summed E-state index contributed by atoms with van der Waals surface area (Å²) >= 11 is 0. The molecule has 0 bridgehead atoms. The molecule has 1 aromatic rings. The van der Waals surface area contributed by atoms with Crippen molar-refractivity contribution in [2.75, 3.05) is 26.0 Å². The lowest BCUT2D eigenvalue weighted by atomic mass is 10.2. The zero-order valence-electron chi connectivity index (χ0n) is 13.2. The number of sulfonamides is 1. The van der Waals surface area contributed by atoms with Gasteiger partial charge in [0, 0.05) is 19.1 Å². The fourth-order valence-corrected chi connectivity index (χ4v) is 5.25. The van der Waals surface area contributed by atoms with Crippen molar-refractivity contribution < 1.29 is 17.9 Å². The summed E-state index contributed by atoms with van der Waals surface area (Å²) in [6.07, 6.45) is 1.64. The van der Waals surface area contributed by atoms with E-state index in [0.29, 0.717) is 13.1 Å². The highest BCUT2D eigenvalue weighted by Crippen LogP contribution is 2.28. The minimum Gasteiger partial charge on any atom is -0.468 e. The van der Waals surface area contributed by atoms with Crippen molar-refractivity contribution in [3.8, 4) is 0 Å². The van der Waals surface area contributed by atoms with Gasteiger partial charge in [0.05, 0.1) is 12.9 Å². The molecule has 3 rings (SSSR count). The number of ether oxygens (including phenoxy) is 1. The smallest absolute Gasteiger partial charge is 0.323 e. The van der Waals surface area contributed by atoms with Crippen LogP contribution in [0.3, 0.4) is 0 Å². The first kappa shape index (κ1) is 16.4. The van der Waals surface area contributed by atoms with Crippen molar-refractivity contribution in [3.63, 3.8) is 0 Å². The highest BCUT2D eigenvalue weighted by Gasteiger charge is 2.44.